The fraction of sp³-hybridized carbons (Fsp3) is 0.300. The van der Waals surface area contributed by atoms with Crippen LogP contribution in [0.15, 0.2) is 22.7 Å². The van der Waals surface area contributed by atoms with Gasteiger partial charge in [0.05, 0.1) is 12.2 Å². The van der Waals surface area contributed by atoms with Gasteiger partial charge in [0.15, 0.2) is 0 Å². The molecule has 0 aromatic heterocycles. The molecule has 0 saturated heterocycles. The second-order valence-electron chi connectivity index (χ2n) is 2.84. The summed E-state index contributed by atoms with van der Waals surface area (Å²) in [5.41, 5.74) is 0.604. The molecule has 15 heavy (non-hydrogen) atoms. The number of rotatable bonds is 4. The molecule has 0 spiro atoms. The van der Waals surface area contributed by atoms with E-state index in [2.05, 4.69) is 48.8 Å². The molecule has 2 nitrogen and oxygen atoms in total. The second kappa shape index (κ2) is 6.65. The normalized spacial score (nSPS) is 10.1. The molecule has 0 unspecified atom stereocenters. The first-order valence-corrected chi connectivity index (χ1v) is 7.00. The molecule has 0 heterocycles. The largest absolute Gasteiger partial charge is 0.462 e. The summed E-state index contributed by atoms with van der Waals surface area (Å²) < 4.78 is 6.79. The number of esters is 1. The lowest BCUT2D eigenvalue weighted by Crippen LogP contribution is -2.09. The zero-order chi connectivity index (χ0) is 11.3. The van der Waals surface area contributed by atoms with Crippen molar-refractivity contribution in [1.82, 2.24) is 0 Å². The van der Waals surface area contributed by atoms with Gasteiger partial charge in [-0.05, 0) is 57.1 Å². The number of ether oxygens (including phenoxy) is 1. The van der Waals surface area contributed by atoms with E-state index >= 15 is 0 Å². The molecule has 0 amide bonds. The minimum Gasteiger partial charge on any atom is -0.462 e. The van der Waals surface area contributed by atoms with Crippen LogP contribution < -0.4 is 0 Å². The van der Waals surface area contributed by atoms with Crippen LogP contribution in [0.3, 0.4) is 0 Å². The van der Waals surface area contributed by atoms with Crippen LogP contribution in [0.1, 0.15) is 16.8 Å². The third-order valence-corrected chi connectivity index (χ3v) is 3.63. The molecule has 0 aliphatic rings. The van der Waals surface area contributed by atoms with Crippen molar-refractivity contribution in [2.45, 2.75) is 12.5 Å². The Morgan fingerprint density at radius 3 is 2.87 bits per heavy atom. The highest BCUT2D eigenvalue weighted by molar-refractivity contribution is 14.1. The number of benzene rings is 1. The maximum atomic E-state index is 11.7. The Kier molecular flexibility index (Phi) is 5.84. The monoisotopic (exact) mass is 395 g/mol. The van der Waals surface area contributed by atoms with E-state index in [1.807, 2.05) is 18.2 Å². The van der Waals surface area contributed by atoms with Gasteiger partial charge in [0.25, 0.3) is 0 Å². The minimum atomic E-state index is -0.271. The Labute approximate surface area is 114 Å². The van der Waals surface area contributed by atoms with Crippen LogP contribution in [-0.2, 0) is 4.74 Å². The molecular formula is C10H9BrIO2Si. The van der Waals surface area contributed by atoms with Crippen molar-refractivity contribution in [2.24, 2.45) is 0 Å². The molecule has 3 radical (unpaired) electrons. The van der Waals surface area contributed by atoms with E-state index in [1.165, 1.54) is 0 Å². The van der Waals surface area contributed by atoms with E-state index in [1.54, 1.807) is 0 Å². The van der Waals surface area contributed by atoms with Crippen molar-refractivity contribution in [2.75, 3.05) is 6.61 Å². The standard InChI is InChI=1S/C10H9BrIO2Si/c11-7-3-1-4-8(12)9(7)10(13)14-5-2-6-15/h1,3-4H,2,5-6H2. The second-order valence-corrected chi connectivity index (χ2v) is 5.35. The van der Waals surface area contributed by atoms with Gasteiger partial charge in [-0.25, -0.2) is 4.79 Å². The quantitative estimate of drug-likeness (QED) is 0.338. The number of halogens is 2. The van der Waals surface area contributed by atoms with Crippen LogP contribution in [0.25, 0.3) is 0 Å². The Morgan fingerprint density at radius 2 is 2.27 bits per heavy atom. The maximum Gasteiger partial charge on any atom is 0.340 e. The van der Waals surface area contributed by atoms with Gasteiger partial charge in [-0.15, -0.1) is 0 Å². The van der Waals surface area contributed by atoms with Crippen LogP contribution in [-0.4, -0.2) is 22.8 Å². The molecule has 0 atom stereocenters. The smallest absolute Gasteiger partial charge is 0.340 e. The molecular weight excluding hydrogens is 387 g/mol. The molecule has 0 saturated carbocycles. The number of hydrogen-bond acceptors (Lipinski definition) is 2. The Bertz CT molecular complexity index is 337. The van der Waals surface area contributed by atoms with Crippen LogP contribution in [0.5, 0.6) is 0 Å². The predicted molar refractivity (Wildman–Crippen MR) is 72.3 cm³/mol. The highest BCUT2D eigenvalue weighted by Crippen LogP contribution is 2.22. The van der Waals surface area contributed by atoms with Crippen molar-refractivity contribution in [1.29, 1.82) is 0 Å². The lowest BCUT2D eigenvalue weighted by molar-refractivity contribution is 0.0503. The van der Waals surface area contributed by atoms with E-state index in [0.29, 0.717) is 12.2 Å². The third-order valence-electron chi connectivity index (χ3n) is 1.72. The first kappa shape index (κ1) is 13.2. The molecule has 0 aliphatic heterocycles. The first-order chi connectivity index (χ1) is 7.16. The van der Waals surface area contributed by atoms with Gasteiger partial charge in [-0.2, -0.15) is 0 Å². The average Bonchev–Trinajstić information content (AvgIpc) is 2.18. The summed E-state index contributed by atoms with van der Waals surface area (Å²) in [6.45, 7) is 0.444. The third kappa shape index (κ3) is 3.88. The van der Waals surface area contributed by atoms with E-state index in [0.717, 1.165) is 20.5 Å². The fourth-order valence-corrected chi connectivity index (χ4v) is 2.76. The number of carbonyl (C=O) groups excluding carboxylic acids is 1. The summed E-state index contributed by atoms with van der Waals surface area (Å²) in [5.74, 6) is -0.271. The summed E-state index contributed by atoms with van der Waals surface area (Å²) in [7, 11) is 3.33. The molecule has 0 N–H and O–H groups in total. The molecule has 1 aromatic rings. The Hall–Kier alpha value is 0.117. The topological polar surface area (TPSA) is 26.3 Å². The fourth-order valence-electron chi connectivity index (χ4n) is 1.00. The van der Waals surface area contributed by atoms with Crippen molar-refractivity contribution in [3.8, 4) is 0 Å². The van der Waals surface area contributed by atoms with E-state index < -0.39 is 0 Å². The zero-order valence-corrected chi connectivity index (χ0v) is 12.7. The predicted octanol–water partition coefficient (Wildman–Crippen LogP) is 3.19. The molecule has 1 aromatic carbocycles. The van der Waals surface area contributed by atoms with Crippen LogP contribution >= 0.6 is 38.5 Å². The molecule has 0 aliphatic carbocycles. The van der Waals surface area contributed by atoms with E-state index in [-0.39, 0.29) is 5.97 Å². The van der Waals surface area contributed by atoms with Crippen molar-refractivity contribution in [3.05, 3.63) is 31.8 Å². The van der Waals surface area contributed by atoms with Gasteiger partial charge in [0, 0.05) is 18.3 Å². The summed E-state index contributed by atoms with van der Waals surface area (Å²) >= 11 is 5.46. The molecule has 79 valence electrons. The summed E-state index contributed by atoms with van der Waals surface area (Å²) in [6, 6.07) is 6.44. The molecule has 0 fully saturated rings. The zero-order valence-electron chi connectivity index (χ0n) is 7.93. The lowest BCUT2D eigenvalue weighted by Gasteiger charge is -2.07. The summed E-state index contributed by atoms with van der Waals surface area (Å²) in [6.07, 6.45) is 0.823. The van der Waals surface area contributed by atoms with E-state index in [9.17, 15) is 4.79 Å². The first-order valence-electron chi connectivity index (χ1n) is 4.42. The van der Waals surface area contributed by atoms with Gasteiger partial charge < -0.3 is 4.74 Å². The van der Waals surface area contributed by atoms with Gasteiger partial charge in [0.2, 0.25) is 0 Å². The average molecular weight is 396 g/mol. The van der Waals surface area contributed by atoms with Crippen LogP contribution in [0.4, 0.5) is 0 Å². The van der Waals surface area contributed by atoms with E-state index in [4.69, 9.17) is 4.74 Å². The van der Waals surface area contributed by atoms with Gasteiger partial charge in [0.1, 0.15) is 0 Å². The van der Waals surface area contributed by atoms with Crippen LogP contribution in [0, 0.1) is 3.57 Å². The summed E-state index contributed by atoms with van der Waals surface area (Å²) in [4.78, 5) is 11.7. The maximum absolute atomic E-state index is 11.7. The van der Waals surface area contributed by atoms with Crippen molar-refractivity contribution in [3.63, 3.8) is 0 Å². The van der Waals surface area contributed by atoms with Gasteiger partial charge >= 0.3 is 5.97 Å². The highest BCUT2D eigenvalue weighted by atomic mass is 127. The van der Waals surface area contributed by atoms with Crippen molar-refractivity contribution >= 4 is 54.7 Å². The number of carbonyl (C=O) groups is 1. The Morgan fingerprint density at radius 1 is 1.53 bits per heavy atom. The van der Waals surface area contributed by atoms with Crippen molar-refractivity contribution < 1.29 is 9.53 Å². The van der Waals surface area contributed by atoms with Crippen LogP contribution in [0.2, 0.25) is 6.04 Å². The molecule has 5 heteroatoms. The molecule has 0 bridgehead atoms. The van der Waals surface area contributed by atoms with Gasteiger partial charge in [-0.3, -0.25) is 0 Å². The van der Waals surface area contributed by atoms with Gasteiger partial charge in [-0.1, -0.05) is 12.1 Å². The summed E-state index contributed by atoms with van der Waals surface area (Å²) in [5, 5.41) is 0. The highest BCUT2D eigenvalue weighted by Gasteiger charge is 2.14. The minimum absolute atomic E-state index is 0.271. The Balaban J connectivity index is 2.73. The SMILES string of the molecule is O=C(OCCC[Si])c1c(Br)cccc1I. The lowest BCUT2D eigenvalue weighted by atomic mass is 10.2. The molecule has 1 rings (SSSR count). The number of hydrogen-bond donors (Lipinski definition) is 0.